The molecule has 1 aromatic rings. The van der Waals surface area contributed by atoms with Crippen molar-refractivity contribution in [2.45, 2.75) is 33.9 Å². The fraction of sp³-hybridized carbons (Fsp3) is 0.600. The molecule has 1 unspecified atom stereocenters. The summed E-state index contributed by atoms with van der Waals surface area (Å²) in [5.41, 5.74) is 0.0369. The first-order chi connectivity index (χ1) is 6.86. The van der Waals surface area contributed by atoms with E-state index >= 15 is 0 Å². The maximum atomic E-state index is 11.0. The largest absolute Gasteiger partial charge is 0.293 e. The molecule has 1 atom stereocenters. The average Bonchev–Trinajstić information content (AvgIpc) is 2.51. The first kappa shape index (κ1) is 11.6. The van der Waals surface area contributed by atoms with Crippen LogP contribution in [0.5, 0.6) is 0 Å². The molecule has 82 valence electrons. The minimum atomic E-state index is -0.592. The van der Waals surface area contributed by atoms with E-state index in [9.17, 15) is 9.70 Å². The van der Waals surface area contributed by atoms with Crippen molar-refractivity contribution in [1.82, 2.24) is 9.78 Å². The van der Waals surface area contributed by atoms with Gasteiger partial charge in [0.2, 0.25) is 0 Å². The lowest BCUT2D eigenvalue weighted by Crippen LogP contribution is -2.23. The Morgan fingerprint density at radius 2 is 2.13 bits per heavy atom. The predicted octanol–water partition coefficient (Wildman–Crippen LogP) is 2.40. The van der Waals surface area contributed by atoms with Crippen molar-refractivity contribution >= 4 is 5.78 Å². The Bertz CT molecular complexity index is 376. The van der Waals surface area contributed by atoms with Crippen LogP contribution in [0, 0.1) is 10.3 Å². The maximum absolute atomic E-state index is 11.0. The van der Waals surface area contributed by atoms with Crippen LogP contribution in [-0.4, -0.2) is 15.6 Å². The van der Waals surface area contributed by atoms with Gasteiger partial charge in [0.05, 0.1) is 0 Å². The van der Waals surface area contributed by atoms with Crippen LogP contribution in [0.15, 0.2) is 17.4 Å². The molecule has 0 aliphatic carbocycles. The molecule has 1 aromatic heterocycles. The van der Waals surface area contributed by atoms with Crippen LogP contribution < -0.4 is 0 Å². The van der Waals surface area contributed by atoms with Gasteiger partial charge in [0.15, 0.2) is 11.9 Å². The number of rotatable bonds is 3. The Kier molecular flexibility index (Phi) is 3.02. The molecule has 0 saturated heterocycles. The molecule has 0 aromatic carbocycles. The molecule has 0 spiro atoms. The molecule has 0 saturated carbocycles. The molecule has 1 heterocycles. The second kappa shape index (κ2) is 3.92. The number of hydrogen-bond donors (Lipinski definition) is 0. The quantitative estimate of drug-likeness (QED) is 0.567. The second-order valence-electron chi connectivity index (χ2n) is 4.58. The number of hydrogen-bond acceptors (Lipinski definition) is 4. The van der Waals surface area contributed by atoms with Gasteiger partial charge >= 0.3 is 0 Å². The van der Waals surface area contributed by atoms with E-state index in [4.69, 9.17) is 0 Å². The summed E-state index contributed by atoms with van der Waals surface area (Å²) < 4.78 is 1.43. The second-order valence-corrected chi connectivity index (χ2v) is 4.58. The van der Waals surface area contributed by atoms with Crippen molar-refractivity contribution in [2.24, 2.45) is 10.6 Å². The Morgan fingerprint density at radius 3 is 2.47 bits per heavy atom. The fourth-order valence-corrected chi connectivity index (χ4v) is 1.27. The van der Waals surface area contributed by atoms with Crippen LogP contribution in [0.2, 0.25) is 0 Å². The highest BCUT2D eigenvalue weighted by Crippen LogP contribution is 2.30. The third kappa shape index (κ3) is 2.49. The molecular weight excluding hydrogens is 194 g/mol. The number of Topliss-reactive ketones (excluding diaryl/α,β-unsaturated/α-hetero) is 1. The van der Waals surface area contributed by atoms with E-state index in [2.05, 4.69) is 10.3 Å². The van der Waals surface area contributed by atoms with Crippen molar-refractivity contribution in [2.75, 3.05) is 0 Å². The Labute approximate surface area is 88.4 Å². The molecule has 0 N–H and O–H groups in total. The third-order valence-electron chi connectivity index (χ3n) is 2.09. The molecule has 0 fully saturated rings. The zero-order chi connectivity index (χ0) is 11.6. The van der Waals surface area contributed by atoms with Gasteiger partial charge < -0.3 is 0 Å². The van der Waals surface area contributed by atoms with Gasteiger partial charge in [-0.25, -0.2) is 4.68 Å². The average molecular weight is 209 g/mol. The topological polar surface area (TPSA) is 64.3 Å². The molecule has 5 heteroatoms. The Hall–Kier alpha value is -1.52. The first-order valence-electron chi connectivity index (χ1n) is 4.75. The van der Waals surface area contributed by atoms with Gasteiger partial charge in [-0.05, 0) is 11.2 Å². The van der Waals surface area contributed by atoms with Crippen molar-refractivity contribution in [3.8, 4) is 0 Å². The van der Waals surface area contributed by atoms with Crippen LogP contribution in [0.3, 0.4) is 0 Å². The minimum absolute atomic E-state index is 0.118. The van der Waals surface area contributed by atoms with Crippen molar-refractivity contribution in [3.05, 3.63) is 22.9 Å². The zero-order valence-corrected chi connectivity index (χ0v) is 9.39. The van der Waals surface area contributed by atoms with Crippen LogP contribution in [0.1, 0.15) is 44.3 Å². The van der Waals surface area contributed by atoms with Gasteiger partial charge in [-0.2, -0.15) is 5.10 Å². The minimum Gasteiger partial charge on any atom is -0.293 e. The van der Waals surface area contributed by atoms with E-state index < -0.39 is 6.17 Å². The number of aromatic nitrogens is 2. The molecule has 5 nitrogen and oxygen atoms in total. The molecule has 15 heavy (non-hydrogen) atoms. The summed E-state index contributed by atoms with van der Waals surface area (Å²) in [6, 6.07) is 1.59. The van der Waals surface area contributed by atoms with Gasteiger partial charge in [-0.15, -0.1) is 4.91 Å². The lowest BCUT2D eigenvalue weighted by Gasteiger charge is -2.24. The SMILES string of the molecule is CC(=O)c1ccn(C(N=O)C(C)(C)C)n1. The van der Waals surface area contributed by atoms with Crippen LogP contribution in [0.4, 0.5) is 0 Å². The number of nitrogens with zero attached hydrogens (tertiary/aromatic N) is 3. The Balaban J connectivity index is 3.04. The zero-order valence-electron chi connectivity index (χ0n) is 9.39. The van der Waals surface area contributed by atoms with Crippen LogP contribution in [-0.2, 0) is 0 Å². The normalized spacial score (nSPS) is 13.6. The molecular formula is C10H15N3O2. The van der Waals surface area contributed by atoms with E-state index in [0.29, 0.717) is 5.69 Å². The Morgan fingerprint density at radius 1 is 1.53 bits per heavy atom. The van der Waals surface area contributed by atoms with Gasteiger partial charge in [-0.3, -0.25) is 4.79 Å². The van der Waals surface area contributed by atoms with Gasteiger partial charge in [-0.1, -0.05) is 20.8 Å². The van der Waals surface area contributed by atoms with E-state index in [1.54, 1.807) is 12.3 Å². The highest BCUT2D eigenvalue weighted by atomic mass is 16.3. The maximum Gasteiger partial charge on any atom is 0.187 e. The monoisotopic (exact) mass is 209 g/mol. The van der Waals surface area contributed by atoms with Crippen molar-refractivity contribution < 1.29 is 4.79 Å². The summed E-state index contributed by atoms with van der Waals surface area (Å²) >= 11 is 0. The molecule has 0 aliphatic heterocycles. The highest BCUT2D eigenvalue weighted by molar-refractivity contribution is 5.91. The predicted molar refractivity (Wildman–Crippen MR) is 56.5 cm³/mol. The number of carbonyl (C=O) groups is 1. The molecule has 0 bridgehead atoms. The number of nitroso groups, excluding NO2 is 1. The summed E-state index contributed by atoms with van der Waals surface area (Å²) in [5.74, 6) is -0.118. The van der Waals surface area contributed by atoms with Crippen molar-refractivity contribution in [1.29, 1.82) is 0 Å². The third-order valence-corrected chi connectivity index (χ3v) is 2.09. The number of carbonyl (C=O) groups excluding carboxylic acids is 1. The van der Waals surface area contributed by atoms with E-state index in [0.717, 1.165) is 0 Å². The van der Waals surface area contributed by atoms with Gasteiger partial charge in [0.25, 0.3) is 0 Å². The highest BCUT2D eigenvalue weighted by Gasteiger charge is 2.28. The molecule has 0 aliphatic rings. The first-order valence-corrected chi connectivity index (χ1v) is 4.75. The molecule has 1 rings (SSSR count). The lowest BCUT2D eigenvalue weighted by atomic mass is 9.93. The van der Waals surface area contributed by atoms with E-state index in [1.807, 2.05) is 20.8 Å². The van der Waals surface area contributed by atoms with Crippen molar-refractivity contribution in [3.63, 3.8) is 0 Å². The molecule has 0 amide bonds. The smallest absolute Gasteiger partial charge is 0.187 e. The number of ketones is 1. The van der Waals surface area contributed by atoms with E-state index in [-0.39, 0.29) is 11.2 Å². The lowest BCUT2D eigenvalue weighted by molar-refractivity contribution is 0.101. The summed E-state index contributed by atoms with van der Waals surface area (Å²) in [6.07, 6.45) is 1.01. The summed E-state index contributed by atoms with van der Waals surface area (Å²) in [7, 11) is 0. The van der Waals surface area contributed by atoms with Crippen LogP contribution in [0.25, 0.3) is 0 Å². The van der Waals surface area contributed by atoms with E-state index in [1.165, 1.54) is 11.6 Å². The fourth-order valence-electron chi connectivity index (χ4n) is 1.27. The van der Waals surface area contributed by atoms with Crippen LogP contribution >= 0.6 is 0 Å². The molecule has 0 radical (unpaired) electrons. The summed E-state index contributed by atoms with van der Waals surface area (Å²) in [5, 5.41) is 7.06. The van der Waals surface area contributed by atoms with Gasteiger partial charge in [0.1, 0.15) is 5.69 Å². The van der Waals surface area contributed by atoms with Gasteiger partial charge in [0, 0.05) is 18.5 Å². The standard InChI is InChI=1S/C10H15N3O2/c1-7(14)8-5-6-13(11-8)9(12-15)10(2,3)4/h5-6,9H,1-4H3. The summed E-state index contributed by atoms with van der Waals surface area (Å²) in [4.78, 5) is 21.8. The summed E-state index contributed by atoms with van der Waals surface area (Å²) in [6.45, 7) is 7.13.